The van der Waals surface area contributed by atoms with Gasteiger partial charge in [-0.2, -0.15) is 0 Å². The van der Waals surface area contributed by atoms with E-state index in [-0.39, 0.29) is 11.7 Å². The van der Waals surface area contributed by atoms with E-state index in [9.17, 15) is 4.79 Å². The SMILES string of the molecule is CC(C)n1cc(/C=C/c2cc(C(=O)O)ncn2)nn1. The summed E-state index contributed by atoms with van der Waals surface area (Å²) in [5.74, 6) is -1.08. The summed E-state index contributed by atoms with van der Waals surface area (Å²) < 4.78 is 1.74. The van der Waals surface area contributed by atoms with Crippen LogP contribution in [0.5, 0.6) is 0 Å². The molecule has 0 atom stereocenters. The van der Waals surface area contributed by atoms with E-state index in [1.807, 2.05) is 13.8 Å². The van der Waals surface area contributed by atoms with Crippen molar-refractivity contribution in [2.24, 2.45) is 0 Å². The molecule has 0 unspecified atom stereocenters. The standard InChI is InChI=1S/C12H13N5O2/c1-8(2)17-6-10(15-16-17)4-3-9-5-11(12(18)19)14-7-13-9/h3-8H,1-2H3,(H,18,19)/b4-3+. The van der Waals surface area contributed by atoms with E-state index < -0.39 is 5.97 Å². The Hall–Kier alpha value is -2.57. The molecule has 0 fully saturated rings. The molecule has 0 aliphatic heterocycles. The topological polar surface area (TPSA) is 93.8 Å². The molecular formula is C12H13N5O2. The van der Waals surface area contributed by atoms with Gasteiger partial charge in [0.25, 0.3) is 0 Å². The second-order valence-corrected chi connectivity index (χ2v) is 4.18. The Morgan fingerprint density at radius 3 is 2.68 bits per heavy atom. The summed E-state index contributed by atoms with van der Waals surface area (Å²) in [5, 5.41) is 16.8. The molecule has 19 heavy (non-hydrogen) atoms. The van der Waals surface area contributed by atoms with E-state index in [2.05, 4.69) is 20.3 Å². The zero-order chi connectivity index (χ0) is 13.8. The summed E-state index contributed by atoms with van der Waals surface area (Å²) in [6.45, 7) is 4.01. The van der Waals surface area contributed by atoms with Crippen LogP contribution < -0.4 is 0 Å². The molecule has 0 aromatic carbocycles. The second kappa shape index (κ2) is 5.38. The van der Waals surface area contributed by atoms with Gasteiger partial charge in [0.1, 0.15) is 12.0 Å². The molecule has 2 heterocycles. The maximum atomic E-state index is 10.8. The highest BCUT2D eigenvalue weighted by atomic mass is 16.4. The predicted molar refractivity (Wildman–Crippen MR) is 68.3 cm³/mol. The molecule has 0 aliphatic rings. The molecule has 0 radical (unpaired) electrons. The molecule has 7 nitrogen and oxygen atoms in total. The van der Waals surface area contributed by atoms with Crippen molar-refractivity contribution in [2.75, 3.05) is 0 Å². The summed E-state index contributed by atoms with van der Waals surface area (Å²) in [4.78, 5) is 18.4. The molecule has 1 N–H and O–H groups in total. The van der Waals surface area contributed by atoms with Crippen molar-refractivity contribution in [2.45, 2.75) is 19.9 Å². The van der Waals surface area contributed by atoms with Crippen LogP contribution in [0.15, 0.2) is 18.6 Å². The Labute approximate surface area is 109 Å². The fourth-order valence-corrected chi connectivity index (χ4v) is 1.37. The number of carboxylic acid groups (broad SMARTS) is 1. The summed E-state index contributed by atoms with van der Waals surface area (Å²) >= 11 is 0. The molecule has 0 amide bonds. The third kappa shape index (κ3) is 3.21. The van der Waals surface area contributed by atoms with E-state index in [0.717, 1.165) is 0 Å². The van der Waals surface area contributed by atoms with Gasteiger partial charge < -0.3 is 5.11 Å². The van der Waals surface area contributed by atoms with Crippen LogP contribution in [0.2, 0.25) is 0 Å². The normalized spacial score (nSPS) is 11.3. The molecule has 2 rings (SSSR count). The van der Waals surface area contributed by atoms with E-state index in [0.29, 0.717) is 11.4 Å². The molecule has 7 heteroatoms. The minimum Gasteiger partial charge on any atom is -0.477 e. The third-order valence-corrected chi connectivity index (χ3v) is 2.39. The molecule has 0 saturated carbocycles. The first-order valence-electron chi connectivity index (χ1n) is 5.71. The highest BCUT2D eigenvalue weighted by Gasteiger charge is 2.04. The van der Waals surface area contributed by atoms with Crippen molar-refractivity contribution in [3.05, 3.63) is 35.7 Å². The van der Waals surface area contributed by atoms with Crippen molar-refractivity contribution in [1.29, 1.82) is 0 Å². The number of aromatic nitrogens is 5. The van der Waals surface area contributed by atoms with Crippen molar-refractivity contribution >= 4 is 18.1 Å². The van der Waals surface area contributed by atoms with Gasteiger partial charge in [0, 0.05) is 6.04 Å². The van der Waals surface area contributed by atoms with Crippen LogP contribution in [0.25, 0.3) is 12.2 Å². The molecule has 2 aromatic heterocycles. The number of carbonyl (C=O) groups is 1. The zero-order valence-corrected chi connectivity index (χ0v) is 10.6. The minimum absolute atomic E-state index is 0.0412. The van der Waals surface area contributed by atoms with E-state index >= 15 is 0 Å². The number of hydrogen-bond donors (Lipinski definition) is 1. The average Bonchev–Trinajstić information content (AvgIpc) is 2.85. The van der Waals surface area contributed by atoms with E-state index in [1.54, 1.807) is 23.0 Å². The van der Waals surface area contributed by atoms with Crippen molar-refractivity contribution < 1.29 is 9.90 Å². The molecule has 0 bridgehead atoms. The first kappa shape index (κ1) is 12.9. The Kier molecular flexibility index (Phi) is 3.65. The number of aromatic carboxylic acids is 1. The van der Waals surface area contributed by atoms with Gasteiger partial charge in [-0.3, -0.25) is 0 Å². The van der Waals surface area contributed by atoms with Gasteiger partial charge in [-0.25, -0.2) is 19.4 Å². The van der Waals surface area contributed by atoms with Crippen LogP contribution in [0.4, 0.5) is 0 Å². The van der Waals surface area contributed by atoms with Gasteiger partial charge in [-0.15, -0.1) is 5.10 Å². The van der Waals surface area contributed by atoms with E-state index in [4.69, 9.17) is 5.11 Å². The van der Waals surface area contributed by atoms with Crippen molar-refractivity contribution in [3.8, 4) is 0 Å². The quantitative estimate of drug-likeness (QED) is 0.894. The molecular weight excluding hydrogens is 246 g/mol. The molecule has 0 saturated heterocycles. The minimum atomic E-state index is -1.08. The Balaban J connectivity index is 2.17. The highest BCUT2D eigenvalue weighted by molar-refractivity contribution is 5.86. The van der Waals surface area contributed by atoms with Gasteiger partial charge in [-0.1, -0.05) is 5.21 Å². The lowest BCUT2D eigenvalue weighted by Gasteiger charge is -2.00. The summed E-state index contributed by atoms with van der Waals surface area (Å²) in [6, 6.07) is 1.64. The number of nitrogens with zero attached hydrogens (tertiary/aromatic N) is 5. The lowest BCUT2D eigenvalue weighted by molar-refractivity contribution is 0.0690. The van der Waals surface area contributed by atoms with Gasteiger partial charge in [0.15, 0.2) is 5.69 Å². The van der Waals surface area contributed by atoms with Crippen molar-refractivity contribution in [1.82, 2.24) is 25.0 Å². The number of carboxylic acids is 1. The van der Waals surface area contributed by atoms with Crippen molar-refractivity contribution in [3.63, 3.8) is 0 Å². The van der Waals surface area contributed by atoms with Gasteiger partial charge in [-0.05, 0) is 32.1 Å². The smallest absolute Gasteiger partial charge is 0.354 e. The van der Waals surface area contributed by atoms with Crippen LogP contribution in [-0.4, -0.2) is 36.0 Å². The fourth-order valence-electron chi connectivity index (χ4n) is 1.37. The summed E-state index contributed by atoms with van der Waals surface area (Å²) in [6.07, 6.45) is 6.41. The first-order chi connectivity index (χ1) is 9.06. The average molecular weight is 259 g/mol. The van der Waals surface area contributed by atoms with Crippen LogP contribution in [-0.2, 0) is 0 Å². The lowest BCUT2D eigenvalue weighted by atomic mass is 10.3. The first-order valence-corrected chi connectivity index (χ1v) is 5.71. The van der Waals surface area contributed by atoms with Crippen LogP contribution in [0.3, 0.4) is 0 Å². The highest BCUT2D eigenvalue weighted by Crippen LogP contribution is 2.07. The maximum absolute atomic E-state index is 10.8. The predicted octanol–water partition coefficient (Wildman–Crippen LogP) is 1.52. The summed E-state index contributed by atoms with van der Waals surface area (Å²) in [7, 11) is 0. The maximum Gasteiger partial charge on any atom is 0.354 e. The van der Waals surface area contributed by atoms with Gasteiger partial charge in [0.2, 0.25) is 0 Å². The Bertz CT molecular complexity index is 618. The molecule has 0 aliphatic carbocycles. The van der Waals surface area contributed by atoms with Crippen LogP contribution >= 0.6 is 0 Å². The lowest BCUT2D eigenvalue weighted by Crippen LogP contribution is -2.00. The summed E-state index contributed by atoms with van der Waals surface area (Å²) in [5.41, 5.74) is 1.15. The third-order valence-electron chi connectivity index (χ3n) is 2.39. The zero-order valence-electron chi connectivity index (χ0n) is 10.6. The van der Waals surface area contributed by atoms with Gasteiger partial charge >= 0.3 is 5.97 Å². The largest absolute Gasteiger partial charge is 0.477 e. The Morgan fingerprint density at radius 2 is 2.05 bits per heavy atom. The van der Waals surface area contributed by atoms with Crippen LogP contribution in [0, 0.1) is 0 Å². The molecule has 98 valence electrons. The van der Waals surface area contributed by atoms with Crippen LogP contribution in [0.1, 0.15) is 41.8 Å². The van der Waals surface area contributed by atoms with E-state index in [1.165, 1.54) is 12.4 Å². The van der Waals surface area contributed by atoms with Gasteiger partial charge in [0.05, 0.1) is 11.9 Å². The Morgan fingerprint density at radius 1 is 1.32 bits per heavy atom. The fraction of sp³-hybridized carbons (Fsp3) is 0.250. The number of rotatable bonds is 4. The number of hydrogen-bond acceptors (Lipinski definition) is 5. The molecule has 0 spiro atoms. The molecule has 2 aromatic rings. The monoisotopic (exact) mass is 259 g/mol. The second-order valence-electron chi connectivity index (χ2n) is 4.18.